The average molecular weight is 328 g/mol. The summed E-state index contributed by atoms with van der Waals surface area (Å²) >= 11 is 0. The molecule has 2 amide bonds. The fraction of sp³-hybridized carbons (Fsp3) is 0.389. The molecule has 2 N–H and O–H groups in total. The van der Waals surface area contributed by atoms with Gasteiger partial charge in [-0.3, -0.25) is 14.3 Å². The van der Waals surface area contributed by atoms with Crippen LogP contribution in [-0.4, -0.2) is 28.1 Å². The third-order valence-corrected chi connectivity index (χ3v) is 3.79. The summed E-state index contributed by atoms with van der Waals surface area (Å²) in [5.74, 6) is -0.376. The van der Waals surface area contributed by atoms with Crippen molar-refractivity contribution in [3.63, 3.8) is 0 Å². The van der Waals surface area contributed by atoms with Crippen molar-refractivity contribution < 1.29 is 9.59 Å². The van der Waals surface area contributed by atoms with Gasteiger partial charge in [0.1, 0.15) is 0 Å². The molecular weight excluding hydrogens is 304 g/mol. The Hall–Kier alpha value is -2.63. The van der Waals surface area contributed by atoms with Crippen molar-refractivity contribution in [2.24, 2.45) is 7.05 Å². The van der Waals surface area contributed by atoms with Crippen molar-refractivity contribution in [3.05, 3.63) is 52.8 Å². The predicted molar refractivity (Wildman–Crippen MR) is 92.9 cm³/mol. The molecule has 6 nitrogen and oxygen atoms in total. The minimum atomic E-state index is -0.212. The number of hydrogen-bond donors (Lipinski definition) is 2. The largest absolute Gasteiger partial charge is 0.352 e. The maximum absolute atomic E-state index is 12.5. The van der Waals surface area contributed by atoms with Crippen molar-refractivity contribution in [1.82, 2.24) is 20.4 Å². The van der Waals surface area contributed by atoms with Gasteiger partial charge in [0.05, 0.1) is 11.7 Å². The third-order valence-electron chi connectivity index (χ3n) is 3.79. The Morgan fingerprint density at radius 3 is 2.50 bits per heavy atom. The minimum Gasteiger partial charge on any atom is -0.352 e. The van der Waals surface area contributed by atoms with Gasteiger partial charge in [0.25, 0.3) is 11.8 Å². The van der Waals surface area contributed by atoms with Crippen LogP contribution in [0.1, 0.15) is 58.3 Å². The van der Waals surface area contributed by atoms with Crippen LogP contribution in [0, 0.1) is 6.92 Å². The molecule has 1 atom stereocenters. The molecule has 0 bridgehead atoms. The van der Waals surface area contributed by atoms with Gasteiger partial charge >= 0.3 is 0 Å². The highest BCUT2D eigenvalue weighted by atomic mass is 16.2. The lowest BCUT2D eigenvalue weighted by atomic mass is 10.1. The minimum absolute atomic E-state index is 0.163. The van der Waals surface area contributed by atoms with Crippen LogP contribution in [0.3, 0.4) is 0 Å². The van der Waals surface area contributed by atoms with E-state index in [1.165, 1.54) is 0 Å². The summed E-state index contributed by atoms with van der Waals surface area (Å²) in [6.45, 7) is 6.44. The molecule has 0 radical (unpaired) electrons. The van der Waals surface area contributed by atoms with E-state index in [4.69, 9.17) is 0 Å². The number of hydrogen-bond acceptors (Lipinski definition) is 3. The normalized spacial score (nSPS) is 11.8. The van der Waals surface area contributed by atoms with E-state index in [0.29, 0.717) is 17.7 Å². The van der Waals surface area contributed by atoms with Crippen LogP contribution in [-0.2, 0) is 7.05 Å². The Kier molecular flexibility index (Phi) is 5.73. The van der Waals surface area contributed by atoms with Crippen LogP contribution in [0.25, 0.3) is 0 Å². The van der Waals surface area contributed by atoms with Crippen LogP contribution in [0.2, 0.25) is 0 Å². The quantitative estimate of drug-likeness (QED) is 0.855. The van der Waals surface area contributed by atoms with E-state index in [2.05, 4.69) is 15.7 Å². The Morgan fingerprint density at radius 2 is 1.92 bits per heavy atom. The number of carbonyl (C=O) groups is 2. The molecule has 1 heterocycles. The molecule has 0 aliphatic rings. The summed E-state index contributed by atoms with van der Waals surface area (Å²) in [4.78, 5) is 24.5. The zero-order chi connectivity index (χ0) is 17.7. The Bertz CT molecular complexity index is 736. The summed E-state index contributed by atoms with van der Waals surface area (Å²) in [5, 5.41) is 10.1. The van der Waals surface area contributed by atoms with Crippen LogP contribution >= 0.6 is 0 Å². The molecule has 0 fully saturated rings. The zero-order valence-electron chi connectivity index (χ0n) is 14.6. The van der Waals surface area contributed by atoms with Crippen LogP contribution < -0.4 is 10.6 Å². The molecule has 24 heavy (non-hydrogen) atoms. The van der Waals surface area contributed by atoms with Gasteiger partial charge in [-0.2, -0.15) is 5.10 Å². The molecule has 1 aromatic carbocycles. The van der Waals surface area contributed by atoms with E-state index in [1.54, 1.807) is 28.9 Å². The SMILES string of the molecule is CCCNC(=O)c1cccc(C(=O)N[C@H](C)c2cn(C)nc2C)c1. The molecule has 0 aliphatic carbocycles. The molecule has 0 saturated heterocycles. The van der Waals surface area contributed by atoms with Crippen LogP contribution in [0.15, 0.2) is 30.5 Å². The van der Waals surface area contributed by atoms with Crippen molar-refractivity contribution >= 4 is 11.8 Å². The molecule has 0 spiro atoms. The molecule has 1 aromatic heterocycles. The maximum Gasteiger partial charge on any atom is 0.251 e. The smallest absolute Gasteiger partial charge is 0.251 e. The van der Waals surface area contributed by atoms with Gasteiger partial charge in [0, 0.05) is 36.5 Å². The number of rotatable bonds is 6. The zero-order valence-corrected chi connectivity index (χ0v) is 14.6. The first kappa shape index (κ1) is 17.7. The second kappa shape index (κ2) is 7.77. The highest BCUT2D eigenvalue weighted by Gasteiger charge is 2.16. The van der Waals surface area contributed by atoms with Crippen molar-refractivity contribution in [3.8, 4) is 0 Å². The highest BCUT2D eigenvalue weighted by molar-refractivity contribution is 5.99. The first-order valence-corrected chi connectivity index (χ1v) is 8.11. The predicted octanol–water partition coefficient (Wildman–Crippen LogP) is 2.36. The number of aromatic nitrogens is 2. The lowest BCUT2D eigenvalue weighted by Crippen LogP contribution is -2.28. The lowest BCUT2D eigenvalue weighted by Gasteiger charge is -2.14. The number of aryl methyl sites for hydroxylation is 2. The molecule has 2 aromatic rings. The fourth-order valence-corrected chi connectivity index (χ4v) is 2.54. The van der Waals surface area contributed by atoms with Gasteiger partial charge in [0.15, 0.2) is 0 Å². The monoisotopic (exact) mass is 328 g/mol. The van der Waals surface area contributed by atoms with E-state index >= 15 is 0 Å². The Balaban J connectivity index is 2.09. The first-order chi connectivity index (χ1) is 11.4. The number of amides is 2. The number of nitrogens with one attached hydrogen (secondary N) is 2. The highest BCUT2D eigenvalue weighted by Crippen LogP contribution is 2.16. The van der Waals surface area contributed by atoms with Gasteiger partial charge in [0.2, 0.25) is 0 Å². The van der Waals surface area contributed by atoms with Gasteiger partial charge < -0.3 is 10.6 Å². The third kappa shape index (κ3) is 4.22. The molecule has 2 rings (SSSR count). The molecule has 6 heteroatoms. The number of carbonyl (C=O) groups excluding carboxylic acids is 2. The lowest BCUT2D eigenvalue weighted by molar-refractivity contribution is 0.0939. The second-order valence-corrected chi connectivity index (χ2v) is 5.88. The van der Waals surface area contributed by atoms with E-state index in [0.717, 1.165) is 17.7 Å². The van der Waals surface area contributed by atoms with Gasteiger partial charge in [-0.05, 0) is 38.5 Å². The van der Waals surface area contributed by atoms with Crippen LogP contribution in [0.4, 0.5) is 0 Å². The van der Waals surface area contributed by atoms with Gasteiger partial charge in [-0.1, -0.05) is 13.0 Å². The summed E-state index contributed by atoms with van der Waals surface area (Å²) < 4.78 is 1.73. The first-order valence-electron chi connectivity index (χ1n) is 8.11. The van der Waals surface area contributed by atoms with E-state index in [9.17, 15) is 9.59 Å². The van der Waals surface area contributed by atoms with Crippen molar-refractivity contribution in [1.29, 1.82) is 0 Å². The van der Waals surface area contributed by atoms with E-state index < -0.39 is 0 Å². The standard InChI is InChI=1S/C18H24N4O2/c1-5-9-19-17(23)14-7-6-8-15(10-14)18(24)20-12(2)16-11-22(4)21-13(16)3/h6-8,10-12H,5,9H2,1-4H3,(H,19,23)(H,20,24)/t12-/m1/s1. The molecule has 0 aliphatic heterocycles. The van der Waals surface area contributed by atoms with Gasteiger partial charge in [-0.25, -0.2) is 0 Å². The Morgan fingerprint density at radius 1 is 1.25 bits per heavy atom. The van der Waals surface area contributed by atoms with E-state index in [1.807, 2.05) is 34.0 Å². The molecule has 0 unspecified atom stereocenters. The maximum atomic E-state index is 12.5. The summed E-state index contributed by atoms with van der Waals surface area (Å²) in [6.07, 6.45) is 2.77. The summed E-state index contributed by atoms with van der Waals surface area (Å²) in [7, 11) is 1.85. The topological polar surface area (TPSA) is 76.0 Å². The summed E-state index contributed by atoms with van der Waals surface area (Å²) in [6, 6.07) is 6.58. The number of benzene rings is 1. The molecule has 128 valence electrons. The fourth-order valence-electron chi connectivity index (χ4n) is 2.54. The molecular formula is C18H24N4O2. The summed E-state index contributed by atoms with van der Waals surface area (Å²) in [5.41, 5.74) is 2.81. The molecule has 0 saturated carbocycles. The van der Waals surface area contributed by atoms with Gasteiger partial charge in [-0.15, -0.1) is 0 Å². The average Bonchev–Trinajstić information content (AvgIpc) is 2.91. The van der Waals surface area contributed by atoms with Crippen LogP contribution in [0.5, 0.6) is 0 Å². The second-order valence-electron chi connectivity index (χ2n) is 5.88. The van der Waals surface area contributed by atoms with E-state index in [-0.39, 0.29) is 17.9 Å². The van der Waals surface area contributed by atoms with Crippen molar-refractivity contribution in [2.75, 3.05) is 6.54 Å². The number of nitrogens with zero attached hydrogens (tertiary/aromatic N) is 2. The van der Waals surface area contributed by atoms with Crippen molar-refractivity contribution in [2.45, 2.75) is 33.2 Å². The Labute approximate surface area is 142 Å².